The highest BCUT2D eigenvalue weighted by Gasteiger charge is 2.28. The van der Waals surface area contributed by atoms with E-state index < -0.39 is 0 Å². The highest BCUT2D eigenvalue weighted by atomic mass is 16.2. The van der Waals surface area contributed by atoms with Crippen LogP contribution in [0.5, 0.6) is 0 Å². The van der Waals surface area contributed by atoms with Gasteiger partial charge in [0, 0.05) is 42.0 Å². The maximum absolute atomic E-state index is 11.5. The van der Waals surface area contributed by atoms with Gasteiger partial charge in [0.05, 0.1) is 0 Å². The Balaban J connectivity index is 1.75. The van der Waals surface area contributed by atoms with E-state index in [2.05, 4.69) is 27.2 Å². The molecule has 6 heteroatoms. The van der Waals surface area contributed by atoms with E-state index in [0.717, 1.165) is 27.8 Å². The summed E-state index contributed by atoms with van der Waals surface area (Å²) in [6, 6.07) is 18.0. The third kappa shape index (κ3) is 2.83. The van der Waals surface area contributed by atoms with Gasteiger partial charge >= 0.3 is 6.03 Å². The number of anilines is 1. The number of urea groups is 1. The second-order valence-electron chi connectivity index (χ2n) is 6.61. The van der Waals surface area contributed by atoms with E-state index in [1.54, 1.807) is 4.90 Å². The van der Waals surface area contributed by atoms with E-state index in [4.69, 9.17) is 5.73 Å². The largest absolute Gasteiger partial charge is 0.351 e. The summed E-state index contributed by atoms with van der Waals surface area (Å²) in [6.07, 6.45) is 0. The standard InChI is InChI=1S/C20H21N5O/c1-14-13-24(11-12-25(14)20(21)26)19-17-10-6-5-9-16(17)18(22-23-19)15-7-3-2-4-8-15/h2-10,14H,11-13H2,1H3,(H2,21,26). The number of fused-ring (bicyclic) bond motifs is 1. The number of aromatic nitrogens is 2. The van der Waals surface area contributed by atoms with Gasteiger partial charge < -0.3 is 15.5 Å². The predicted molar refractivity (Wildman–Crippen MR) is 103 cm³/mol. The summed E-state index contributed by atoms with van der Waals surface area (Å²) in [6.45, 7) is 3.97. The summed E-state index contributed by atoms with van der Waals surface area (Å²) in [5.74, 6) is 0.858. The molecule has 1 aliphatic heterocycles. The summed E-state index contributed by atoms with van der Waals surface area (Å²) in [4.78, 5) is 15.4. The van der Waals surface area contributed by atoms with Crippen LogP contribution in [0.1, 0.15) is 6.92 Å². The number of rotatable bonds is 2. The molecule has 3 aromatic rings. The molecule has 4 rings (SSSR count). The molecule has 0 saturated carbocycles. The number of benzene rings is 2. The minimum Gasteiger partial charge on any atom is -0.351 e. The van der Waals surface area contributed by atoms with Crippen molar-refractivity contribution in [2.75, 3.05) is 24.5 Å². The molecule has 132 valence electrons. The highest BCUT2D eigenvalue weighted by Crippen LogP contribution is 2.32. The van der Waals surface area contributed by atoms with Crippen LogP contribution in [0.3, 0.4) is 0 Å². The molecule has 2 N–H and O–H groups in total. The van der Waals surface area contributed by atoms with Crippen LogP contribution in [-0.2, 0) is 0 Å². The highest BCUT2D eigenvalue weighted by molar-refractivity contribution is 6.00. The number of carbonyl (C=O) groups is 1. The Bertz CT molecular complexity index is 943. The summed E-state index contributed by atoms with van der Waals surface area (Å²) >= 11 is 0. The van der Waals surface area contributed by atoms with Gasteiger partial charge in [0.15, 0.2) is 5.82 Å². The minimum absolute atomic E-state index is 0.0376. The van der Waals surface area contributed by atoms with E-state index in [9.17, 15) is 4.79 Å². The fourth-order valence-corrected chi connectivity index (χ4v) is 3.61. The van der Waals surface area contributed by atoms with Crippen molar-refractivity contribution in [3.8, 4) is 11.3 Å². The molecule has 2 heterocycles. The fourth-order valence-electron chi connectivity index (χ4n) is 3.61. The molecule has 1 atom stereocenters. The summed E-state index contributed by atoms with van der Waals surface area (Å²) in [7, 11) is 0. The van der Waals surface area contributed by atoms with Crippen molar-refractivity contribution in [3.05, 3.63) is 54.6 Å². The lowest BCUT2D eigenvalue weighted by Crippen LogP contribution is -2.55. The topological polar surface area (TPSA) is 75.3 Å². The first kappa shape index (κ1) is 16.3. The fraction of sp³-hybridized carbons (Fsp3) is 0.250. The minimum atomic E-state index is -0.368. The Kier molecular flexibility index (Phi) is 4.16. The number of hydrogen-bond acceptors (Lipinski definition) is 4. The Morgan fingerprint density at radius 3 is 2.38 bits per heavy atom. The van der Waals surface area contributed by atoms with Crippen molar-refractivity contribution < 1.29 is 4.79 Å². The normalized spacial score (nSPS) is 17.5. The molecule has 2 aromatic carbocycles. The van der Waals surface area contributed by atoms with Crippen LogP contribution in [0, 0.1) is 0 Å². The maximum atomic E-state index is 11.5. The zero-order valence-corrected chi connectivity index (χ0v) is 14.7. The van der Waals surface area contributed by atoms with E-state index >= 15 is 0 Å². The molecule has 1 aliphatic rings. The summed E-state index contributed by atoms with van der Waals surface area (Å²) < 4.78 is 0. The molecule has 1 saturated heterocycles. The Morgan fingerprint density at radius 2 is 1.69 bits per heavy atom. The molecule has 0 aliphatic carbocycles. The van der Waals surface area contributed by atoms with Crippen molar-refractivity contribution in [1.82, 2.24) is 15.1 Å². The molecular formula is C20H21N5O. The predicted octanol–water partition coefficient (Wildman–Crippen LogP) is 2.89. The van der Waals surface area contributed by atoms with Gasteiger partial charge in [-0.3, -0.25) is 0 Å². The maximum Gasteiger partial charge on any atom is 0.315 e. The number of nitrogens with two attached hydrogens (primary N) is 1. The van der Waals surface area contributed by atoms with E-state index in [-0.39, 0.29) is 12.1 Å². The van der Waals surface area contributed by atoms with Gasteiger partial charge in [-0.05, 0) is 6.92 Å². The van der Waals surface area contributed by atoms with Crippen LogP contribution in [0.25, 0.3) is 22.0 Å². The van der Waals surface area contributed by atoms with Gasteiger partial charge in [-0.1, -0.05) is 54.6 Å². The number of nitrogens with zero attached hydrogens (tertiary/aromatic N) is 4. The molecule has 6 nitrogen and oxygen atoms in total. The van der Waals surface area contributed by atoms with Crippen LogP contribution in [-0.4, -0.2) is 46.8 Å². The van der Waals surface area contributed by atoms with E-state index in [0.29, 0.717) is 19.6 Å². The van der Waals surface area contributed by atoms with Crippen molar-refractivity contribution in [2.45, 2.75) is 13.0 Å². The zero-order chi connectivity index (χ0) is 18.1. The van der Waals surface area contributed by atoms with Crippen molar-refractivity contribution >= 4 is 22.6 Å². The lowest BCUT2D eigenvalue weighted by Gasteiger charge is -2.39. The van der Waals surface area contributed by atoms with Crippen molar-refractivity contribution in [1.29, 1.82) is 0 Å². The third-order valence-corrected chi connectivity index (χ3v) is 4.93. The number of piperazine rings is 1. The van der Waals surface area contributed by atoms with Crippen LogP contribution in [0.15, 0.2) is 54.6 Å². The average molecular weight is 347 g/mol. The van der Waals surface area contributed by atoms with Gasteiger partial charge in [-0.25, -0.2) is 4.79 Å². The van der Waals surface area contributed by atoms with Gasteiger partial charge in [-0.15, -0.1) is 10.2 Å². The molecular weight excluding hydrogens is 326 g/mol. The molecule has 0 spiro atoms. The molecule has 1 aromatic heterocycles. The SMILES string of the molecule is CC1CN(c2nnc(-c3ccccc3)c3ccccc23)CCN1C(N)=O. The first-order valence-electron chi connectivity index (χ1n) is 8.77. The number of carbonyl (C=O) groups excluding carboxylic acids is 1. The van der Waals surface area contributed by atoms with Crippen molar-refractivity contribution in [3.63, 3.8) is 0 Å². The monoisotopic (exact) mass is 347 g/mol. The second kappa shape index (κ2) is 6.63. The zero-order valence-electron chi connectivity index (χ0n) is 14.7. The quantitative estimate of drug-likeness (QED) is 0.773. The van der Waals surface area contributed by atoms with Crippen molar-refractivity contribution in [2.24, 2.45) is 5.73 Å². The summed E-state index contributed by atoms with van der Waals surface area (Å²) in [5.41, 5.74) is 7.39. The van der Waals surface area contributed by atoms with Gasteiger partial charge in [0.1, 0.15) is 5.69 Å². The van der Waals surface area contributed by atoms with Gasteiger partial charge in [0.2, 0.25) is 0 Å². The Labute approximate surface area is 152 Å². The summed E-state index contributed by atoms with van der Waals surface area (Å²) in [5, 5.41) is 11.2. The Morgan fingerprint density at radius 1 is 1.00 bits per heavy atom. The van der Waals surface area contributed by atoms with Crippen LogP contribution >= 0.6 is 0 Å². The van der Waals surface area contributed by atoms with E-state index in [1.807, 2.05) is 49.4 Å². The van der Waals surface area contributed by atoms with Gasteiger partial charge in [0.25, 0.3) is 0 Å². The third-order valence-electron chi connectivity index (χ3n) is 4.93. The molecule has 1 fully saturated rings. The average Bonchev–Trinajstić information content (AvgIpc) is 2.67. The molecule has 0 bridgehead atoms. The molecule has 2 amide bonds. The molecule has 26 heavy (non-hydrogen) atoms. The van der Waals surface area contributed by atoms with Crippen LogP contribution in [0.4, 0.5) is 10.6 Å². The first-order valence-corrected chi connectivity index (χ1v) is 8.77. The Hall–Kier alpha value is -3.15. The van der Waals surface area contributed by atoms with Gasteiger partial charge in [-0.2, -0.15) is 0 Å². The lowest BCUT2D eigenvalue weighted by molar-refractivity contribution is 0.180. The number of amides is 2. The number of primary amides is 1. The first-order chi connectivity index (χ1) is 12.6. The smallest absolute Gasteiger partial charge is 0.315 e. The van der Waals surface area contributed by atoms with Crippen LogP contribution in [0.2, 0.25) is 0 Å². The lowest BCUT2D eigenvalue weighted by atomic mass is 10.0. The molecule has 1 unspecified atom stereocenters. The van der Waals surface area contributed by atoms with E-state index in [1.165, 1.54) is 0 Å². The number of hydrogen-bond donors (Lipinski definition) is 1. The molecule has 0 radical (unpaired) electrons. The van der Waals surface area contributed by atoms with Crippen LogP contribution < -0.4 is 10.6 Å². The second-order valence-corrected chi connectivity index (χ2v) is 6.61.